The molecular formula is C26H22NOP. The van der Waals surface area contributed by atoms with Crippen LogP contribution in [0, 0.1) is 0 Å². The summed E-state index contributed by atoms with van der Waals surface area (Å²) >= 11 is 0. The Balaban J connectivity index is 1.52. The van der Waals surface area contributed by atoms with E-state index in [0.717, 1.165) is 30.0 Å². The molecule has 3 aromatic rings. The van der Waals surface area contributed by atoms with E-state index in [2.05, 4.69) is 97.1 Å². The van der Waals surface area contributed by atoms with Gasteiger partial charge in [0.15, 0.2) is 0 Å². The molecule has 2 aliphatic carbocycles. The SMILES string of the molecule is C1=CC(c2nc(C3=CCCC=C3)co2)C(P(c2ccccc2)c2ccccc2)=C1. The Morgan fingerprint density at radius 3 is 2.28 bits per heavy atom. The van der Waals surface area contributed by atoms with Crippen molar-refractivity contribution in [3.63, 3.8) is 0 Å². The van der Waals surface area contributed by atoms with Crippen LogP contribution >= 0.6 is 7.92 Å². The first-order chi connectivity index (χ1) is 14.4. The van der Waals surface area contributed by atoms with Crippen molar-refractivity contribution < 1.29 is 4.42 Å². The number of oxazole rings is 1. The molecule has 29 heavy (non-hydrogen) atoms. The average Bonchev–Trinajstić information content (AvgIpc) is 3.46. The zero-order valence-electron chi connectivity index (χ0n) is 16.1. The number of allylic oxidation sites excluding steroid dienone is 8. The summed E-state index contributed by atoms with van der Waals surface area (Å²) < 4.78 is 5.99. The van der Waals surface area contributed by atoms with Crippen molar-refractivity contribution in [3.8, 4) is 0 Å². The maximum atomic E-state index is 5.99. The number of nitrogens with zero attached hydrogens (tertiary/aromatic N) is 1. The van der Waals surface area contributed by atoms with Gasteiger partial charge < -0.3 is 4.42 Å². The van der Waals surface area contributed by atoms with Crippen LogP contribution in [-0.4, -0.2) is 4.98 Å². The molecule has 2 nitrogen and oxygen atoms in total. The van der Waals surface area contributed by atoms with E-state index in [4.69, 9.17) is 9.40 Å². The van der Waals surface area contributed by atoms with Gasteiger partial charge in [0.2, 0.25) is 5.89 Å². The second-order valence-corrected chi connectivity index (χ2v) is 9.39. The summed E-state index contributed by atoms with van der Waals surface area (Å²) in [6.07, 6.45) is 17.2. The molecule has 0 radical (unpaired) electrons. The summed E-state index contributed by atoms with van der Waals surface area (Å²) in [6.45, 7) is 0. The molecular weight excluding hydrogens is 373 g/mol. The molecule has 3 heteroatoms. The summed E-state index contributed by atoms with van der Waals surface area (Å²) in [5.41, 5.74) is 2.09. The fourth-order valence-corrected chi connectivity index (χ4v) is 6.40. The van der Waals surface area contributed by atoms with Crippen molar-refractivity contribution in [1.29, 1.82) is 0 Å². The van der Waals surface area contributed by atoms with Gasteiger partial charge in [0, 0.05) is 0 Å². The minimum atomic E-state index is -0.650. The Hall–Kier alpha value is -2.96. The molecule has 2 aromatic carbocycles. The van der Waals surface area contributed by atoms with Crippen LogP contribution in [0.3, 0.4) is 0 Å². The molecule has 0 N–H and O–H groups in total. The molecule has 1 atom stereocenters. The molecule has 0 saturated carbocycles. The van der Waals surface area contributed by atoms with Gasteiger partial charge in [-0.1, -0.05) is 97.1 Å². The molecule has 0 spiro atoms. The first kappa shape index (κ1) is 18.1. The number of benzene rings is 2. The van der Waals surface area contributed by atoms with Gasteiger partial charge >= 0.3 is 0 Å². The van der Waals surface area contributed by atoms with Gasteiger partial charge in [-0.25, -0.2) is 4.98 Å². The predicted molar refractivity (Wildman–Crippen MR) is 122 cm³/mol. The van der Waals surface area contributed by atoms with Crippen LogP contribution in [0.4, 0.5) is 0 Å². The molecule has 1 aromatic heterocycles. The Morgan fingerprint density at radius 2 is 1.62 bits per heavy atom. The van der Waals surface area contributed by atoms with Gasteiger partial charge in [-0.15, -0.1) is 0 Å². The fourth-order valence-electron chi connectivity index (χ4n) is 3.86. The van der Waals surface area contributed by atoms with E-state index in [1.54, 1.807) is 6.26 Å². The summed E-state index contributed by atoms with van der Waals surface area (Å²) in [7, 11) is -0.650. The van der Waals surface area contributed by atoms with E-state index < -0.39 is 7.92 Å². The van der Waals surface area contributed by atoms with Crippen LogP contribution < -0.4 is 10.6 Å². The molecule has 0 bridgehead atoms. The minimum Gasteiger partial charge on any atom is -0.447 e. The van der Waals surface area contributed by atoms with E-state index in [0.29, 0.717) is 0 Å². The van der Waals surface area contributed by atoms with Crippen molar-refractivity contribution in [2.24, 2.45) is 0 Å². The molecule has 2 aliphatic rings. The highest BCUT2D eigenvalue weighted by molar-refractivity contribution is 7.76. The lowest BCUT2D eigenvalue weighted by Crippen LogP contribution is -2.15. The topological polar surface area (TPSA) is 26.0 Å². The van der Waals surface area contributed by atoms with Gasteiger partial charge in [0.25, 0.3) is 0 Å². The van der Waals surface area contributed by atoms with E-state index in [1.165, 1.54) is 15.9 Å². The van der Waals surface area contributed by atoms with Crippen molar-refractivity contribution in [2.45, 2.75) is 18.8 Å². The van der Waals surface area contributed by atoms with E-state index in [-0.39, 0.29) is 5.92 Å². The lowest BCUT2D eigenvalue weighted by Gasteiger charge is -2.23. The Kier molecular flexibility index (Phi) is 5.11. The molecule has 1 heterocycles. The maximum Gasteiger partial charge on any atom is 0.206 e. The highest BCUT2D eigenvalue weighted by Crippen LogP contribution is 2.52. The van der Waals surface area contributed by atoms with Gasteiger partial charge in [-0.2, -0.15) is 0 Å². The fraction of sp³-hybridized carbons (Fsp3) is 0.115. The molecule has 0 saturated heterocycles. The third-order valence-corrected chi connectivity index (χ3v) is 7.83. The second kappa shape index (κ2) is 8.19. The highest BCUT2D eigenvalue weighted by Gasteiger charge is 2.30. The minimum absolute atomic E-state index is 0.0726. The number of rotatable bonds is 5. The van der Waals surface area contributed by atoms with Gasteiger partial charge in [0.1, 0.15) is 12.0 Å². The van der Waals surface area contributed by atoms with Crippen LogP contribution in [-0.2, 0) is 0 Å². The zero-order chi connectivity index (χ0) is 19.5. The van der Waals surface area contributed by atoms with Gasteiger partial charge in [-0.3, -0.25) is 0 Å². The van der Waals surface area contributed by atoms with Gasteiger partial charge in [0.05, 0.1) is 5.92 Å². The lowest BCUT2D eigenvalue weighted by atomic mass is 10.1. The second-order valence-electron chi connectivity index (χ2n) is 7.17. The van der Waals surface area contributed by atoms with Crippen molar-refractivity contribution in [2.75, 3.05) is 0 Å². The Morgan fingerprint density at radius 1 is 0.897 bits per heavy atom. The molecule has 0 amide bonds. The molecule has 1 unspecified atom stereocenters. The van der Waals surface area contributed by atoms with Crippen molar-refractivity contribution in [1.82, 2.24) is 4.98 Å². The summed E-state index contributed by atoms with van der Waals surface area (Å²) in [4.78, 5) is 4.87. The number of aromatic nitrogens is 1. The first-order valence-electron chi connectivity index (χ1n) is 10.0. The predicted octanol–water partition coefficient (Wildman–Crippen LogP) is 6.08. The highest BCUT2D eigenvalue weighted by atomic mass is 31.1. The molecule has 5 rings (SSSR count). The smallest absolute Gasteiger partial charge is 0.206 e. The van der Waals surface area contributed by atoms with Crippen LogP contribution in [0.15, 0.2) is 113 Å². The molecule has 0 fully saturated rings. The normalized spacial score (nSPS) is 18.2. The lowest BCUT2D eigenvalue weighted by molar-refractivity contribution is 0.494. The van der Waals surface area contributed by atoms with E-state index in [1.807, 2.05) is 0 Å². The standard InChI is InChI=1S/C26H22NOP/c1-4-11-20(12-5-1)24-19-28-26(27-24)23-17-10-18-25(23)29(21-13-6-2-7-14-21)22-15-8-3-9-16-22/h2-4,6-19,23H,1,5H2. The first-order valence-corrected chi connectivity index (χ1v) is 11.4. The number of hydrogen-bond acceptors (Lipinski definition) is 2. The van der Waals surface area contributed by atoms with Crippen molar-refractivity contribution >= 4 is 24.1 Å². The third-order valence-electron chi connectivity index (χ3n) is 5.25. The zero-order valence-corrected chi connectivity index (χ0v) is 17.0. The van der Waals surface area contributed by atoms with E-state index >= 15 is 0 Å². The van der Waals surface area contributed by atoms with Crippen LogP contribution in [0.5, 0.6) is 0 Å². The third kappa shape index (κ3) is 3.69. The summed E-state index contributed by atoms with van der Waals surface area (Å²) in [5, 5.41) is 4.05. The Labute approximate surface area is 172 Å². The van der Waals surface area contributed by atoms with Crippen LogP contribution in [0.25, 0.3) is 5.57 Å². The van der Waals surface area contributed by atoms with Gasteiger partial charge in [-0.05, 0) is 42.3 Å². The van der Waals surface area contributed by atoms with Crippen LogP contribution in [0.2, 0.25) is 0 Å². The maximum absolute atomic E-state index is 5.99. The quantitative estimate of drug-likeness (QED) is 0.490. The summed E-state index contributed by atoms with van der Waals surface area (Å²) in [6, 6.07) is 21.6. The largest absolute Gasteiger partial charge is 0.447 e. The monoisotopic (exact) mass is 395 g/mol. The number of hydrogen-bond donors (Lipinski definition) is 0. The average molecular weight is 395 g/mol. The Bertz CT molecular complexity index is 1070. The molecule has 142 valence electrons. The molecule has 0 aliphatic heterocycles. The van der Waals surface area contributed by atoms with Crippen molar-refractivity contribution in [3.05, 3.63) is 120 Å². The summed E-state index contributed by atoms with van der Waals surface area (Å²) in [5.74, 6) is 0.850. The van der Waals surface area contributed by atoms with Crippen LogP contribution in [0.1, 0.15) is 30.3 Å². The van der Waals surface area contributed by atoms with E-state index in [9.17, 15) is 0 Å².